The monoisotopic (exact) mass is 255 g/mol. The Morgan fingerprint density at radius 2 is 1.94 bits per heavy atom. The zero-order valence-corrected chi connectivity index (χ0v) is 11.0. The summed E-state index contributed by atoms with van der Waals surface area (Å²) in [7, 11) is 1.44. The lowest BCUT2D eigenvalue weighted by molar-refractivity contribution is -0.0395. The largest absolute Gasteiger partial charge is 0.496 e. The van der Waals surface area contributed by atoms with Gasteiger partial charge in [0.25, 0.3) is 5.92 Å². The Bertz CT molecular complexity index is 440. The Balaban J connectivity index is 2.44. The van der Waals surface area contributed by atoms with E-state index >= 15 is 0 Å². The Labute approximate surface area is 106 Å². The molecule has 0 aromatic heterocycles. The maximum atomic E-state index is 14.5. The molecule has 0 aliphatic carbocycles. The van der Waals surface area contributed by atoms with Gasteiger partial charge in [-0.2, -0.15) is 8.78 Å². The summed E-state index contributed by atoms with van der Waals surface area (Å²) in [6.07, 6.45) is 1.30. The van der Waals surface area contributed by atoms with Gasteiger partial charge in [0.05, 0.1) is 18.7 Å². The van der Waals surface area contributed by atoms with Gasteiger partial charge in [0.1, 0.15) is 5.75 Å². The summed E-state index contributed by atoms with van der Waals surface area (Å²) < 4.78 is 34.1. The molecule has 1 heterocycles. The van der Waals surface area contributed by atoms with Crippen LogP contribution in [-0.2, 0) is 5.92 Å². The van der Waals surface area contributed by atoms with Crippen molar-refractivity contribution in [1.29, 1.82) is 0 Å². The van der Waals surface area contributed by atoms with Crippen LogP contribution in [0, 0.1) is 13.8 Å². The van der Waals surface area contributed by atoms with Crippen molar-refractivity contribution in [1.82, 2.24) is 5.32 Å². The van der Waals surface area contributed by atoms with Crippen molar-refractivity contribution in [3.8, 4) is 5.75 Å². The van der Waals surface area contributed by atoms with Crippen LogP contribution in [0.5, 0.6) is 5.75 Å². The number of aryl methyl sites for hydroxylation is 2. The Kier molecular flexibility index (Phi) is 3.57. The molecule has 1 aromatic carbocycles. The molecule has 1 atom stereocenters. The second kappa shape index (κ2) is 4.84. The molecule has 4 heteroatoms. The quantitative estimate of drug-likeness (QED) is 0.895. The average Bonchev–Trinajstić information content (AvgIpc) is 2.86. The first kappa shape index (κ1) is 13.3. The van der Waals surface area contributed by atoms with E-state index in [1.165, 1.54) is 7.11 Å². The Morgan fingerprint density at radius 1 is 1.28 bits per heavy atom. The molecule has 1 unspecified atom stereocenters. The molecule has 18 heavy (non-hydrogen) atoms. The predicted octanol–water partition coefficient (Wildman–Crippen LogP) is 3.16. The molecule has 1 aromatic rings. The summed E-state index contributed by atoms with van der Waals surface area (Å²) in [6, 6.07) is 2.45. The third-order valence-corrected chi connectivity index (χ3v) is 3.67. The third kappa shape index (κ3) is 2.21. The number of hydrogen-bond acceptors (Lipinski definition) is 2. The van der Waals surface area contributed by atoms with Crippen LogP contribution in [0.3, 0.4) is 0 Å². The van der Waals surface area contributed by atoms with E-state index in [1.54, 1.807) is 12.1 Å². The first-order chi connectivity index (χ1) is 8.46. The van der Waals surface area contributed by atoms with Crippen LogP contribution in [-0.4, -0.2) is 19.7 Å². The first-order valence-electron chi connectivity index (χ1n) is 6.23. The molecule has 1 fully saturated rings. The van der Waals surface area contributed by atoms with Crippen molar-refractivity contribution in [2.75, 3.05) is 13.7 Å². The van der Waals surface area contributed by atoms with Crippen LogP contribution in [0.1, 0.15) is 29.5 Å². The first-order valence-corrected chi connectivity index (χ1v) is 6.23. The fraction of sp³-hybridized carbons (Fsp3) is 0.571. The van der Waals surface area contributed by atoms with Crippen LogP contribution in [0.2, 0.25) is 0 Å². The summed E-state index contributed by atoms with van der Waals surface area (Å²) in [5.74, 6) is -2.61. The van der Waals surface area contributed by atoms with Gasteiger partial charge in [0.2, 0.25) is 0 Å². The zero-order valence-electron chi connectivity index (χ0n) is 11.0. The van der Waals surface area contributed by atoms with Gasteiger partial charge in [-0.05, 0) is 56.5 Å². The summed E-state index contributed by atoms with van der Waals surface area (Å²) >= 11 is 0. The predicted molar refractivity (Wildman–Crippen MR) is 67.4 cm³/mol. The fourth-order valence-corrected chi connectivity index (χ4v) is 2.40. The number of benzene rings is 1. The lowest BCUT2D eigenvalue weighted by atomic mass is 9.95. The maximum absolute atomic E-state index is 14.5. The van der Waals surface area contributed by atoms with E-state index in [9.17, 15) is 8.78 Å². The third-order valence-electron chi connectivity index (χ3n) is 3.67. The van der Waals surface area contributed by atoms with Crippen molar-refractivity contribution in [3.05, 3.63) is 28.8 Å². The molecule has 0 saturated carbocycles. The highest BCUT2D eigenvalue weighted by molar-refractivity contribution is 5.44. The number of alkyl halides is 2. The number of hydrogen-bond donors (Lipinski definition) is 1. The molecule has 1 saturated heterocycles. The summed E-state index contributed by atoms with van der Waals surface area (Å²) in [4.78, 5) is 0. The highest BCUT2D eigenvalue weighted by Gasteiger charge is 2.44. The molecule has 0 radical (unpaired) electrons. The van der Waals surface area contributed by atoms with Crippen LogP contribution in [0.25, 0.3) is 0 Å². The highest BCUT2D eigenvalue weighted by Crippen LogP contribution is 2.41. The molecular weight excluding hydrogens is 236 g/mol. The van der Waals surface area contributed by atoms with Gasteiger partial charge in [-0.25, -0.2) is 0 Å². The number of ether oxygens (including phenoxy) is 1. The van der Waals surface area contributed by atoms with E-state index in [4.69, 9.17) is 4.74 Å². The minimum atomic E-state index is -2.89. The zero-order chi connectivity index (χ0) is 13.3. The second-order valence-corrected chi connectivity index (χ2v) is 4.91. The van der Waals surface area contributed by atoms with Gasteiger partial charge < -0.3 is 10.1 Å². The van der Waals surface area contributed by atoms with Gasteiger partial charge in [-0.15, -0.1) is 0 Å². The summed E-state index contributed by atoms with van der Waals surface area (Å²) in [5.41, 5.74) is 1.82. The van der Waals surface area contributed by atoms with Crippen molar-refractivity contribution in [2.24, 2.45) is 0 Å². The summed E-state index contributed by atoms with van der Waals surface area (Å²) in [5, 5.41) is 2.88. The van der Waals surface area contributed by atoms with Crippen molar-refractivity contribution in [2.45, 2.75) is 38.7 Å². The van der Waals surface area contributed by atoms with E-state index in [1.807, 2.05) is 13.8 Å². The van der Waals surface area contributed by atoms with Gasteiger partial charge in [0.15, 0.2) is 0 Å². The van der Waals surface area contributed by atoms with Crippen molar-refractivity contribution >= 4 is 0 Å². The molecule has 2 nitrogen and oxygen atoms in total. The molecule has 0 spiro atoms. The number of methoxy groups -OCH3 is 1. The Hall–Kier alpha value is -1.16. The van der Waals surface area contributed by atoms with Gasteiger partial charge in [-0.1, -0.05) is 0 Å². The fourth-order valence-electron chi connectivity index (χ4n) is 2.40. The minimum absolute atomic E-state index is 0.00694. The smallest absolute Gasteiger partial charge is 0.291 e. The van der Waals surface area contributed by atoms with E-state index in [-0.39, 0.29) is 11.3 Å². The van der Waals surface area contributed by atoms with E-state index in [2.05, 4.69) is 5.32 Å². The molecule has 1 N–H and O–H groups in total. The number of nitrogens with one attached hydrogen (secondary N) is 1. The lowest BCUT2D eigenvalue weighted by Gasteiger charge is -2.26. The van der Waals surface area contributed by atoms with E-state index < -0.39 is 12.0 Å². The average molecular weight is 255 g/mol. The normalized spacial score (nSPS) is 20.2. The van der Waals surface area contributed by atoms with Crippen molar-refractivity contribution in [3.63, 3.8) is 0 Å². The molecule has 1 aliphatic heterocycles. The molecule has 0 bridgehead atoms. The van der Waals surface area contributed by atoms with E-state index in [0.717, 1.165) is 17.5 Å². The lowest BCUT2D eigenvalue weighted by Crippen LogP contribution is -2.38. The van der Waals surface area contributed by atoms with E-state index in [0.29, 0.717) is 13.0 Å². The van der Waals surface area contributed by atoms with Crippen LogP contribution in [0.4, 0.5) is 8.78 Å². The molecular formula is C14H19F2NO. The highest BCUT2D eigenvalue weighted by atomic mass is 19.3. The number of rotatable bonds is 3. The van der Waals surface area contributed by atoms with Gasteiger partial charge in [-0.3, -0.25) is 0 Å². The molecule has 2 rings (SSSR count). The molecule has 100 valence electrons. The summed E-state index contributed by atoms with van der Waals surface area (Å²) in [6.45, 7) is 4.40. The second-order valence-electron chi connectivity index (χ2n) is 4.91. The van der Waals surface area contributed by atoms with Gasteiger partial charge in [0, 0.05) is 0 Å². The minimum Gasteiger partial charge on any atom is -0.496 e. The maximum Gasteiger partial charge on any atom is 0.291 e. The van der Waals surface area contributed by atoms with Crippen LogP contribution < -0.4 is 10.1 Å². The standard InChI is InChI=1S/C14H19F2NO/c1-9-7-11(12(18-3)8-10(9)2)14(15,16)13-5-4-6-17-13/h7-8,13,17H,4-6H2,1-3H3. The van der Waals surface area contributed by atoms with Gasteiger partial charge >= 0.3 is 0 Å². The molecule has 1 aliphatic rings. The topological polar surface area (TPSA) is 21.3 Å². The Morgan fingerprint density at radius 3 is 2.50 bits per heavy atom. The van der Waals surface area contributed by atoms with Crippen molar-refractivity contribution < 1.29 is 13.5 Å². The SMILES string of the molecule is COc1cc(C)c(C)cc1C(F)(F)C1CCCN1. The van der Waals surface area contributed by atoms with Crippen LogP contribution in [0.15, 0.2) is 12.1 Å². The molecule has 0 amide bonds. The number of halogens is 2. The van der Waals surface area contributed by atoms with Crippen LogP contribution >= 0.6 is 0 Å².